The number of hydrogen-bond acceptors (Lipinski definition) is 6. The van der Waals surface area contributed by atoms with Gasteiger partial charge in [-0.25, -0.2) is 0 Å². The molecule has 0 bridgehead atoms. The van der Waals surface area contributed by atoms with Crippen molar-refractivity contribution in [2.45, 2.75) is 27.7 Å². The van der Waals surface area contributed by atoms with E-state index in [2.05, 4.69) is 122 Å². The van der Waals surface area contributed by atoms with Gasteiger partial charge < -0.3 is 19.2 Å². The zero-order valence-corrected chi connectivity index (χ0v) is 37.4. The summed E-state index contributed by atoms with van der Waals surface area (Å²) in [5.74, 6) is 1.78. The molecule has 0 aliphatic carbocycles. The van der Waals surface area contributed by atoms with Gasteiger partial charge in [0.25, 0.3) is 0 Å². The second-order valence-electron chi connectivity index (χ2n) is 12.5. The maximum Gasteiger partial charge on any atom is 0.490 e. The Morgan fingerprint density at radius 2 is 1.05 bits per heavy atom. The fourth-order valence-corrected chi connectivity index (χ4v) is 6.58. The average Bonchev–Trinajstić information content (AvgIpc) is 3.80. The number of para-hydroxylation sites is 2. The summed E-state index contributed by atoms with van der Waals surface area (Å²) in [6.07, 6.45) is 10.4. The minimum absolute atomic E-state index is 0. The van der Waals surface area contributed by atoms with E-state index in [1.54, 1.807) is 24.5 Å². The Morgan fingerprint density at radius 1 is 0.554 bits per heavy atom. The van der Waals surface area contributed by atoms with E-state index >= 15 is 0 Å². The van der Waals surface area contributed by atoms with Crippen molar-refractivity contribution in [1.82, 2.24) is 29.1 Å². The van der Waals surface area contributed by atoms with Gasteiger partial charge in [-0.3, -0.25) is 19.9 Å². The Bertz CT molecular complexity index is 2330. The zero-order valence-electron chi connectivity index (χ0n) is 31.1. The number of nitrogens with zero attached hydrogens (tertiary/aromatic N) is 6. The molecule has 0 spiro atoms. The normalized spacial score (nSPS) is 10.1. The van der Waals surface area contributed by atoms with Gasteiger partial charge in [0.05, 0.1) is 21.9 Å². The quantitative estimate of drug-likeness (QED) is 0.128. The molecule has 286 valence electrons. The monoisotopic (exact) mass is 1160 g/mol. The molecule has 56 heavy (non-hydrogen) atoms. The minimum atomic E-state index is -1.40. The molecule has 8 nitrogen and oxygen atoms in total. The van der Waals surface area contributed by atoms with Crippen molar-refractivity contribution in [2.75, 3.05) is 0 Å². The number of benzene rings is 4. The third-order valence-corrected chi connectivity index (χ3v) is 9.21. The van der Waals surface area contributed by atoms with E-state index in [0.29, 0.717) is 5.46 Å². The van der Waals surface area contributed by atoms with Crippen LogP contribution in [0.25, 0.3) is 45.4 Å². The van der Waals surface area contributed by atoms with Crippen molar-refractivity contribution >= 4 is 28.5 Å². The largest absolute Gasteiger partial charge is 0.490 e. The van der Waals surface area contributed by atoms with Crippen LogP contribution in [0.1, 0.15) is 22.3 Å². The maximum atomic E-state index is 8.54. The van der Waals surface area contributed by atoms with E-state index < -0.39 is 7.12 Å². The van der Waals surface area contributed by atoms with Crippen molar-refractivity contribution in [1.29, 1.82) is 0 Å². The van der Waals surface area contributed by atoms with Crippen LogP contribution in [0.4, 0.5) is 0 Å². The number of aryl methyl sites for hydroxylation is 4. The smallest absolute Gasteiger partial charge is 0.423 e. The first kappa shape index (κ1) is 44.1. The molecular weight excluding hydrogens is 1120 g/mol. The molecule has 2 N–H and O–H groups in total. The standard InChI is InChI=1S/C22H18N3.C17H14BrN2.C5H6BNO2.2Ir/c1-16-8-6-9-17(2)21(16)25-20(19-12-7-13-23-14-19)15-24-22(25)18-10-4-3-5-11-18;1-12-7-6-8-13(2)16(12)20-15(18)11-19-17(20)14-9-4-3-5-10-14;8-6(9)5-2-1-3-7-4-5;;/h3-10,12-15H,1-2H3;3-9,11H,1-2H3;1-4,8-9H;;/q2*-1;;;. The molecule has 2 radical (unpaired) electrons. The fourth-order valence-electron chi connectivity index (χ4n) is 6.13. The number of pyridine rings is 2. The molecule has 0 atom stereocenters. The number of imidazole rings is 2. The molecule has 12 heteroatoms. The van der Waals surface area contributed by atoms with Crippen LogP contribution in [0.2, 0.25) is 0 Å². The molecule has 0 aliphatic heterocycles. The van der Waals surface area contributed by atoms with E-state index in [4.69, 9.17) is 15.0 Å². The second-order valence-corrected chi connectivity index (χ2v) is 13.3. The Labute approximate surface area is 363 Å². The van der Waals surface area contributed by atoms with Crippen LogP contribution in [-0.2, 0) is 40.2 Å². The number of aromatic nitrogens is 6. The van der Waals surface area contributed by atoms with Gasteiger partial charge in [0.1, 0.15) is 0 Å². The van der Waals surface area contributed by atoms with Crippen LogP contribution in [0.3, 0.4) is 0 Å². The predicted molar refractivity (Wildman–Crippen MR) is 220 cm³/mol. The molecule has 4 aromatic heterocycles. The first-order chi connectivity index (χ1) is 26.2. The molecule has 4 aromatic carbocycles. The van der Waals surface area contributed by atoms with Crippen molar-refractivity contribution in [3.05, 3.63) is 185 Å². The van der Waals surface area contributed by atoms with Gasteiger partial charge in [-0.05, 0) is 84.1 Å². The molecule has 0 saturated carbocycles. The molecular formula is C44H38BBrIr2N6O2-2. The summed E-state index contributed by atoms with van der Waals surface area (Å²) in [6.45, 7) is 8.50. The summed E-state index contributed by atoms with van der Waals surface area (Å²) in [4.78, 5) is 17.2. The Balaban J connectivity index is 0.000000201. The fraction of sp³-hybridized carbons (Fsp3) is 0.0909. The van der Waals surface area contributed by atoms with Gasteiger partial charge in [0, 0.05) is 99.8 Å². The van der Waals surface area contributed by atoms with E-state index in [1.165, 1.54) is 34.1 Å². The van der Waals surface area contributed by atoms with Gasteiger partial charge >= 0.3 is 7.12 Å². The van der Waals surface area contributed by atoms with Gasteiger partial charge in [-0.2, -0.15) is 0 Å². The van der Waals surface area contributed by atoms with Gasteiger partial charge in [0.15, 0.2) is 0 Å². The van der Waals surface area contributed by atoms with Crippen molar-refractivity contribution in [3.8, 4) is 45.4 Å². The van der Waals surface area contributed by atoms with E-state index in [1.807, 2.05) is 73.2 Å². The maximum absolute atomic E-state index is 8.54. The third kappa shape index (κ3) is 10.4. The minimum Gasteiger partial charge on any atom is -0.423 e. The van der Waals surface area contributed by atoms with Crippen LogP contribution in [-0.4, -0.2) is 46.2 Å². The third-order valence-electron chi connectivity index (χ3n) is 8.65. The van der Waals surface area contributed by atoms with Crippen LogP contribution in [0.5, 0.6) is 0 Å². The van der Waals surface area contributed by atoms with Gasteiger partial charge in [-0.1, -0.05) is 42.5 Å². The molecule has 4 heterocycles. The van der Waals surface area contributed by atoms with Crippen LogP contribution >= 0.6 is 15.9 Å². The summed E-state index contributed by atoms with van der Waals surface area (Å²) in [6, 6.07) is 42.3. The van der Waals surface area contributed by atoms with Crippen LogP contribution in [0, 0.1) is 39.8 Å². The molecule has 0 unspecified atom stereocenters. The van der Waals surface area contributed by atoms with E-state index in [0.717, 1.165) is 44.3 Å². The van der Waals surface area contributed by atoms with Crippen LogP contribution < -0.4 is 5.46 Å². The van der Waals surface area contributed by atoms with Gasteiger partial charge in [-0.15, -0.1) is 71.8 Å². The van der Waals surface area contributed by atoms with Crippen molar-refractivity contribution in [3.63, 3.8) is 0 Å². The molecule has 0 saturated heterocycles. The molecule has 8 rings (SSSR count). The Morgan fingerprint density at radius 3 is 1.50 bits per heavy atom. The number of halogens is 1. The molecule has 0 aliphatic rings. The molecule has 0 amide bonds. The Kier molecular flexibility index (Phi) is 16.6. The van der Waals surface area contributed by atoms with E-state index in [9.17, 15) is 0 Å². The summed E-state index contributed by atoms with van der Waals surface area (Å²) in [7, 11) is -1.40. The first-order valence-corrected chi connectivity index (χ1v) is 18.1. The predicted octanol–water partition coefficient (Wildman–Crippen LogP) is 8.49. The molecule has 0 fully saturated rings. The van der Waals surface area contributed by atoms with Crippen LogP contribution in [0.15, 0.2) is 151 Å². The average molecular weight is 1160 g/mol. The summed E-state index contributed by atoms with van der Waals surface area (Å²) >= 11 is 3.61. The van der Waals surface area contributed by atoms with E-state index in [-0.39, 0.29) is 40.2 Å². The van der Waals surface area contributed by atoms with Gasteiger partial charge in [0.2, 0.25) is 0 Å². The first-order valence-electron chi connectivity index (χ1n) is 17.3. The van der Waals surface area contributed by atoms with Crippen molar-refractivity contribution < 1.29 is 50.3 Å². The zero-order chi connectivity index (χ0) is 38.0. The summed E-state index contributed by atoms with van der Waals surface area (Å²) in [5, 5.41) is 17.1. The summed E-state index contributed by atoms with van der Waals surface area (Å²) < 4.78 is 5.30. The van der Waals surface area contributed by atoms with Crippen molar-refractivity contribution in [2.24, 2.45) is 0 Å². The molecule has 8 aromatic rings. The topological polar surface area (TPSA) is 102 Å². The Hall–Kier alpha value is -4.64. The SMILES string of the molecule is Cc1cccc(C)c1-n1c(-c2cccnc2)cnc1-c1[c-]cccc1.Cc1cccc(C)c1-n1c(Br)cnc1-c1[c-]cccc1.OB(O)c1cccnc1.[Ir].[Ir]. The second kappa shape index (κ2) is 21.0. The number of rotatable bonds is 6. The summed E-state index contributed by atoms with van der Waals surface area (Å²) in [5.41, 5.74) is 11.6. The number of hydrogen-bond donors (Lipinski definition) is 2.